The summed E-state index contributed by atoms with van der Waals surface area (Å²) in [5.74, 6) is 1.92. The molecule has 0 bridgehead atoms. The molecule has 1 amide bonds. The van der Waals surface area contributed by atoms with E-state index >= 15 is 0 Å². The van der Waals surface area contributed by atoms with Gasteiger partial charge in [-0.1, -0.05) is 48.2 Å². The van der Waals surface area contributed by atoms with E-state index in [1.54, 1.807) is 12.0 Å². The predicted octanol–water partition coefficient (Wildman–Crippen LogP) is 6.78. The van der Waals surface area contributed by atoms with Crippen LogP contribution in [0.5, 0.6) is 17.2 Å². The monoisotopic (exact) mass is 617 g/mol. The van der Waals surface area contributed by atoms with E-state index in [1.165, 1.54) is 22.9 Å². The second-order valence-electron chi connectivity index (χ2n) is 7.83. The first-order valence-corrected chi connectivity index (χ1v) is 13.2. The Bertz CT molecular complexity index is 1290. The molecule has 4 rings (SSSR count). The van der Waals surface area contributed by atoms with Crippen LogP contribution in [0.1, 0.15) is 16.7 Å². The number of ether oxygens (including phenoxy) is 3. The molecule has 3 aromatic carbocycles. The van der Waals surface area contributed by atoms with Crippen LogP contribution in [0.3, 0.4) is 0 Å². The Morgan fingerprint density at radius 3 is 2.46 bits per heavy atom. The van der Waals surface area contributed by atoms with Crippen LogP contribution >= 0.6 is 46.6 Å². The smallest absolute Gasteiger partial charge is 0.270 e. The van der Waals surface area contributed by atoms with Gasteiger partial charge in [0.1, 0.15) is 19.0 Å². The second kappa shape index (κ2) is 11.5. The van der Waals surface area contributed by atoms with Crippen molar-refractivity contribution in [1.82, 2.24) is 0 Å². The largest absolute Gasteiger partial charge is 0.493 e. The van der Waals surface area contributed by atoms with E-state index in [1.807, 2.05) is 66.7 Å². The van der Waals surface area contributed by atoms with Gasteiger partial charge in [0.25, 0.3) is 5.91 Å². The van der Waals surface area contributed by atoms with Crippen LogP contribution in [-0.2, 0) is 4.79 Å². The number of hydrogen-bond donors (Lipinski definition) is 0. The number of amides is 1. The second-order valence-corrected chi connectivity index (χ2v) is 10.7. The summed E-state index contributed by atoms with van der Waals surface area (Å²) in [5.41, 5.74) is 4.02. The van der Waals surface area contributed by atoms with E-state index in [0.29, 0.717) is 33.9 Å². The first-order valence-electron chi connectivity index (χ1n) is 10.9. The summed E-state index contributed by atoms with van der Waals surface area (Å²) >= 11 is 8.97. The van der Waals surface area contributed by atoms with Crippen molar-refractivity contribution in [1.29, 1.82) is 0 Å². The van der Waals surface area contributed by atoms with Gasteiger partial charge < -0.3 is 14.2 Å². The molecule has 0 radical (unpaired) electrons. The molecule has 180 valence electrons. The molecule has 1 aliphatic rings. The minimum absolute atomic E-state index is 0.135. The molecule has 1 saturated heterocycles. The average Bonchev–Trinajstić information content (AvgIpc) is 3.12. The number of carbonyl (C=O) groups excluding carboxylic acids is 1. The van der Waals surface area contributed by atoms with Crippen LogP contribution in [0, 0.1) is 17.4 Å². The lowest BCUT2D eigenvalue weighted by Gasteiger charge is -2.15. The number of thiocarbonyl (C=S) groups is 1. The van der Waals surface area contributed by atoms with Crippen molar-refractivity contribution in [2.45, 2.75) is 13.8 Å². The number of carbonyl (C=O) groups is 1. The standard InChI is InChI=1S/C27H24INO4S2/c1-17-9-10-21(13-18(17)2)32-11-12-33-25-22(28)14-19(15-23(25)31-3)16-24-26(30)29(27(34)35-24)20-7-5-4-6-8-20/h4-10,13-16H,11-12H2,1-3H3/b24-16-. The zero-order valence-corrected chi connectivity index (χ0v) is 23.3. The number of hydrogen-bond acceptors (Lipinski definition) is 6. The third-order valence-corrected chi connectivity index (χ3v) is 7.54. The number of thioether (sulfide) groups is 1. The molecule has 1 heterocycles. The van der Waals surface area contributed by atoms with Gasteiger partial charge in [-0.3, -0.25) is 9.69 Å². The zero-order chi connectivity index (χ0) is 24.9. The van der Waals surface area contributed by atoms with Gasteiger partial charge in [0.2, 0.25) is 0 Å². The molecule has 8 heteroatoms. The fraction of sp³-hybridized carbons (Fsp3) is 0.185. The summed E-state index contributed by atoms with van der Waals surface area (Å²) in [6, 6.07) is 19.3. The van der Waals surface area contributed by atoms with Crippen LogP contribution in [-0.4, -0.2) is 30.6 Å². The van der Waals surface area contributed by atoms with E-state index in [9.17, 15) is 4.79 Å². The lowest BCUT2D eigenvalue weighted by atomic mass is 10.1. The molecular formula is C27H24INO4S2. The molecule has 0 unspecified atom stereocenters. The molecule has 0 N–H and O–H groups in total. The Kier molecular flexibility index (Phi) is 8.35. The number of benzene rings is 3. The molecule has 0 atom stereocenters. The van der Waals surface area contributed by atoms with Gasteiger partial charge in [0, 0.05) is 0 Å². The number of methoxy groups -OCH3 is 1. The van der Waals surface area contributed by atoms with Gasteiger partial charge in [-0.25, -0.2) is 0 Å². The molecule has 0 saturated carbocycles. The number of para-hydroxylation sites is 1. The van der Waals surface area contributed by atoms with Gasteiger partial charge in [-0.15, -0.1) is 0 Å². The topological polar surface area (TPSA) is 48.0 Å². The predicted molar refractivity (Wildman–Crippen MR) is 155 cm³/mol. The maximum Gasteiger partial charge on any atom is 0.270 e. The van der Waals surface area contributed by atoms with E-state index in [2.05, 4.69) is 36.4 Å². The minimum Gasteiger partial charge on any atom is -0.493 e. The fourth-order valence-electron chi connectivity index (χ4n) is 3.49. The number of halogens is 1. The summed E-state index contributed by atoms with van der Waals surface area (Å²) < 4.78 is 18.8. The first kappa shape index (κ1) is 25.5. The normalized spacial score (nSPS) is 14.5. The van der Waals surface area contributed by atoms with Gasteiger partial charge in [0.15, 0.2) is 15.8 Å². The maximum absolute atomic E-state index is 13.0. The van der Waals surface area contributed by atoms with Crippen LogP contribution in [0.15, 0.2) is 65.6 Å². The Hall–Kier alpha value is -2.56. The van der Waals surface area contributed by atoms with Crippen molar-refractivity contribution in [2.24, 2.45) is 0 Å². The van der Waals surface area contributed by atoms with Crippen molar-refractivity contribution < 1.29 is 19.0 Å². The minimum atomic E-state index is -0.135. The summed E-state index contributed by atoms with van der Waals surface area (Å²) in [7, 11) is 1.60. The number of rotatable bonds is 8. The molecule has 0 aliphatic carbocycles. The molecule has 5 nitrogen and oxygen atoms in total. The molecule has 0 spiro atoms. The molecule has 35 heavy (non-hydrogen) atoms. The Morgan fingerprint density at radius 1 is 1.00 bits per heavy atom. The maximum atomic E-state index is 13.0. The van der Waals surface area contributed by atoms with E-state index in [0.717, 1.165) is 20.6 Å². The summed E-state index contributed by atoms with van der Waals surface area (Å²) in [5, 5.41) is 0. The van der Waals surface area contributed by atoms with E-state index in [4.69, 9.17) is 26.4 Å². The highest BCUT2D eigenvalue weighted by Gasteiger charge is 2.33. The average molecular weight is 618 g/mol. The van der Waals surface area contributed by atoms with Crippen LogP contribution in [0.2, 0.25) is 0 Å². The fourth-order valence-corrected chi connectivity index (χ4v) is 5.57. The van der Waals surface area contributed by atoms with Crippen LogP contribution in [0.4, 0.5) is 5.69 Å². The highest BCUT2D eigenvalue weighted by molar-refractivity contribution is 14.1. The van der Waals surface area contributed by atoms with Crippen LogP contribution in [0.25, 0.3) is 6.08 Å². The van der Waals surface area contributed by atoms with Crippen molar-refractivity contribution in [3.63, 3.8) is 0 Å². The highest BCUT2D eigenvalue weighted by Crippen LogP contribution is 2.38. The molecule has 1 fully saturated rings. The SMILES string of the molecule is COc1cc(/C=C2\SC(=S)N(c3ccccc3)C2=O)cc(I)c1OCCOc1ccc(C)c(C)c1. The number of aryl methyl sites for hydroxylation is 2. The Balaban J connectivity index is 1.45. The van der Waals surface area contributed by atoms with Gasteiger partial charge in [0.05, 0.1) is 21.3 Å². The van der Waals surface area contributed by atoms with Crippen molar-refractivity contribution in [2.75, 3.05) is 25.2 Å². The van der Waals surface area contributed by atoms with Gasteiger partial charge in [-0.2, -0.15) is 0 Å². The van der Waals surface area contributed by atoms with E-state index < -0.39 is 0 Å². The Morgan fingerprint density at radius 2 is 1.74 bits per heavy atom. The van der Waals surface area contributed by atoms with Gasteiger partial charge in [-0.05, 0) is 95.6 Å². The van der Waals surface area contributed by atoms with Crippen molar-refractivity contribution in [3.05, 3.63) is 85.8 Å². The molecular weight excluding hydrogens is 593 g/mol. The molecule has 3 aromatic rings. The molecule has 0 aromatic heterocycles. The van der Waals surface area contributed by atoms with E-state index in [-0.39, 0.29) is 5.91 Å². The summed E-state index contributed by atoms with van der Waals surface area (Å²) in [6.07, 6.45) is 1.83. The highest BCUT2D eigenvalue weighted by atomic mass is 127. The van der Waals surface area contributed by atoms with Crippen molar-refractivity contribution in [3.8, 4) is 17.2 Å². The zero-order valence-electron chi connectivity index (χ0n) is 19.5. The Labute approximate surface area is 228 Å². The summed E-state index contributed by atoms with van der Waals surface area (Å²) in [4.78, 5) is 15.2. The third kappa shape index (κ3) is 5.99. The third-order valence-electron chi connectivity index (χ3n) is 5.43. The number of nitrogens with zero attached hydrogens (tertiary/aromatic N) is 1. The van der Waals surface area contributed by atoms with Crippen molar-refractivity contribution >= 4 is 68.6 Å². The molecule has 1 aliphatic heterocycles. The summed E-state index contributed by atoms with van der Waals surface area (Å²) in [6.45, 7) is 4.91. The number of anilines is 1. The van der Waals surface area contributed by atoms with Gasteiger partial charge >= 0.3 is 0 Å². The van der Waals surface area contributed by atoms with Crippen LogP contribution < -0.4 is 19.1 Å². The first-order chi connectivity index (χ1) is 16.9. The lowest BCUT2D eigenvalue weighted by molar-refractivity contribution is -0.113. The quantitative estimate of drug-likeness (QED) is 0.120. The lowest BCUT2D eigenvalue weighted by Crippen LogP contribution is -2.27.